The molecule has 0 radical (unpaired) electrons. The lowest BCUT2D eigenvalue weighted by molar-refractivity contribution is 0.0895. The first-order chi connectivity index (χ1) is 8.59. The monoisotopic (exact) mass is 285 g/mol. The highest BCUT2D eigenvalue weighted by molar-refractivity contribution is 6.36. The number of Topliss-reactive ketones (excluding diaryl/α,β-unsaturated/α-hetero) is 1. The summed E-state index contributed by atoms with van der Waals surface area (Å²) in [6.45, 7) is 0. The normalized spacial score (nSPS) is 24.6. The maximum Gasteiger partial charge on any atom is 0.169 e. The Bertz CT molecular complexity index is 447. The van der Waals surface area contributed by atoms with Crippen LogP contribution in [-0.4, -0.2) is 11.8 Å². The third-order valence-electron chi connectivity index (χ3n) is 3.60. The molecule has 0 heterocycles. The van der Waals surface area contributed by atoms with Crippen LogP contribution < -0.4 is 5.73 Å². The number of hydrogen-bond acceptors (Lipinski definition) is 2. The molecule has 2 unspecified atom stereocenters. The zero-order valence-corrected chi connectivity index (χ0v) is 11.7. The van der Waals surface area contributed by atoms with Crippen molar-refractivity contribution >= 4 is 29.0 Å². The second-order valence-corrected chi connectivity index (χ2v) is 5.74. The molecule has 18 heavy (non-hydrogen) atoms. The number of benzene rings is 1. The van der Waals surface area contributed by atoms with E-state index >= 15 is 0 Å². The van der Waals surface area contributed by atoms with Crippen molar-refractivity contribution in [3.05, 3.63) is 33.8 Å². The topological polar surface area (TPSA) is 43.1 Å². The molecule has 2 atom stereocenters. The molecule has 2 nitrogen and oxygen atoms in total. The van der Waals surface area contributed by atoms with Crippen LogP contribution in [0.2, 0.25) is 10.0 Å². The maximum atomic E-state index is 12.5. The Morgan fingerprint density at radius 2 is 1.89 bits per heavy atom. The molecular formula is C14H17Cl2NO. The SMILES string of the molecule is NC1CCCCCC1C(=O)c1cc(Cl)ccc1Cl. The van der Waals surface area contributed by atoms with Gasteiger partial charge in [0.05, 0.1) is 5.02 Å². The summed E-state index contributed by atoms with van der Waals surface area (Å²) >= 11 is 12.0. The van der Waals surface area contributed by atoms with E-state index in [9.17, 15) is 4.79 Å². The highest BCUT2D eigenvalue weighted by Crippen LogP contribution is 2.29. The molecule has 1 aromatic carbocycles. The van der Waals surface area contributed by atoms with E-state index in [1.165, 1.54) is 0 Å². The molecule has 2 N–H and O–H groups in total. The highest BCUT2D eigenvalue weighted by Gasteiger charge is 2.29. The first kappa shape index (κ1) is 13.9. The second kappa shape index (κ2) is 6.05. The number of hydrogen-bond donors (Lipinski definition) is 1. The molecule has 1 aromatic rings. The third kappa shape index (κ3) is 3.05. The average molecular weight is 286 g/mol. The van der Waals surface area contributed by atoms with Gasteiger partial charge in [-0.3, -0.25) is 4.79 Å². The summed E-state index contributed by atoms with van der Waals surface area (Å²) in [5.74, 6) is -0.0830. The van der Waals surface area contributed by atoms with Crippen molar-refractivity contribution in [2.75, 3.05) is 0 Å². The van der Waals surface area contributed by atoms with Crippen molar-refractivity contribution in [2.45, 2.75) is 38.1 Å². The molecule has 0 aliphatic heterocycles. The standard InChI is InChI=1S/C14H17Cl2NO/c15-9-6-7-12(16)11(8-9)14(18)10-4-2-1-3-5-13(10)17/h6-8,10,13H,1-5,17H2. The summed E-state index contributed by atoms with van der Waals surface area (Å²) in [5.41, 5.74) is 6.61. The van der Waals surface area contributed by atoms with E-state index in [-0.39, 0.29) is 17.7 Å². The van der Waals surface area contributed by atoms with Gasteiger partial charge in [-0.25, -0.2) is 0 Å². The largest absolute Gasteiger partial charge is 0.327 e. The summed E-state index contributed by atoms with van der Waals surface area (Å²) in [5, 5.41) is 0.991. The zero-order valence-electron chi connectivity index (χ0n) is 10.2. The fraction of sp³-hybridized carbons (Fsp3) is 0.500. The van der Waals surface area contributed by atoms with Gasteiger partial charge < -0.3 is 5.73 Å². The van der Waals surface area contributed by atoms with Crippen molar-refractivity contribution in [1.29, 1.82) is 0 Å². The van der Waals surface area contributed by atoms with Crippen molar-refractivity contribution < 1.29 is 4.79 Å². The van der Waals surface area contributed by atoms with Crippen LogP contribution in [0.5, 0.6) is 0 Å². The minimum Gasteiger partial charge on any atom is -0.327 e. The number of ketones is 1. The van der Waals surface area contributed by atoms with Crippen LogP contribution in [0.1, 0.15) is 42.5 Å². The van der Waals surface area contributed by atoms with Crippen LogP contribution in [0, 0.1) is 5.92 Å². The molecule has 98 valence electrons. The van der Waals surface area contributed by atoms with Gasteiger partial charge in [0.2, 0.25) is 0 Å². The summed E-state index contributed by atoms with van der Waals surface area (Å²) in [7, 11) is 0. The Balaban J connectivity index is 2.26. The third-order valence-corrected chi connectivity index (χ3v) is 4.16. The Morgan fingerprint density at radius 3 is 2.67 bits per heavy atom. The second-order valence-electron chi connectivity index (χ2n) is 4.90. The fourth-order valence-corrected chi connectivity index (χ4v) is 2.93. The molecule has 0 aromatic heterocycles. The first-order valence-corrected chi connectivity index (χ1v) is 7.10. The Morgan fingerprint density at radius 1 is 1.17 bits per heavy atom. The van der Waals surface area contributed by atoms with Gasteiger partial charge in [0, 0.05) is 22.5 Å². The molecule has 0 bridgehead atoms. The number of rotatable bonds is 2. The minimum absolute atomic E-state index is 0.0388. The van der Waals surface area contributed by atoms with Crippen LogP contribution in [0.25, 0.3) is 0 Å². The van der Waals surface area contributed by atoms with E-state index in [4.69, 9.17) is 28.9 Å². The van der Waals surface area contributed by atoms with Gasteiger partial charge >= 0.3 is 0 Å². The molecule has 0 amide bonds. The summed E-state index contributed by atoms with van der Waals surface area (Å²) in [6.07, 6.45) is 5.08. The number of carbonyl (C=O) groups is 1. The summed E-state index contributed by atoms with van der Waals surface area (Å²) in [6, 6.07) is 4.94. The van der Waals surface area contributed by atoms with Crippen molar-refractivity contribution in [3.8, 4) is 0 Å². The lowest BCUT2D eigenvalue weighted by Gasteiger charge is -2.20. The number of carbonyl (C=O) groups excluding carboxylic acids is 1. The molecule has 0 saturated heterocycles. The van der Waals surface area contributed by atoms with E-state index in [1.807, 2.05) is 0 Å². The molecule has 4 heteroatoms. The van der Waals surface area contributed by atoms with Gasteiger partial charge in [-0.2, -0.15) is 0 Å². The van der Waals surface area contributed by atoms with Crippen LogP contribution in [0.3, 0.4) is 0 Å². The van der Waals surface area contributed by atoms with Crippen LogP contribution in [-0.2, 0) is 0 Å². The van der Waals surface area contributed by atoms with E-state index in [1.54, 1.807) is 18.2 Å². The lowest BCUT2D eigenvalue weighted by Crippen LogP contribution is -2.34. The van der Waals surface area contributed by atoms with Gasteiger partial charge in [0.15, 0.2) is 5.78 Å². The maximum absolute atomic E-state index is 12.5. The van der Waals surface area contributed by atoms with Crippen molar-refractivity contribution in [1.82, 2.24) is 0 Å². The van der Waals surface area contributed by atoms with E-state index in [0.29, 0.717) is 15.6 Å². The van der Waals surface area contributed by atoms with E-state index in [0.717, 1.165) is 32.1 Å². The summed E-state index contributed by atoms with van der Waals surface area (Å²) in [4.78, 5) is 12.5. The van der Waals surface area contributed by atoms with Gasteiger partial charge in [-0.05, 0) is 31.0 Å². The smallest absolute Gasteiger partial charge is 0.169 e. The van der Waals surface area contributed by atoms with E-state index < -0.39 is 0 Å². The molecule has 0 spiro atoms. The van der Waals surface area contributed by atoms with Gasteiger partial charge in [0.25, 0.3) is 0 Å². The molecule has 1 aliphatic rings. The predicted molar refractivity (Wildman–Crippen MR) is 75.3 cm³/mol. The molecule has 1 saturated carbocycles. The predicted octanol–water partition coefficient (Wildman–Crippen LogP) is 4.08. The lowest BCUT2D eigenvalue weighted by atomic mass is 9.87. The van der Waals surface area contributed by atoms with Crippen LogP contribution >= 0.6 is 23.2 Å². The Labute approximate surface area is 117 Å². The van der Waals surface area contributed by atoms with Gasteiger partial charge in [0.1, 0.15) is 0 Å². The van der Waals surface area contributed by atoms with Crippen LogP contribution in [0.4, 0.5) is 0 Å². The van der Waals surface area contributed by atoms with Gasteiger partial charge in [-0.15, -0.1) is 0 Å². The van der Waals surface area contributed by atoms with Crippen molar-refractivity contribution in [2.24, 2.45) is 11.7 Å². The quantitative estimate of drug-likeness (QED) is 0.657. The number of nitrogens with two attached hydrogens (primary N) is 1. The van der Waals surface area contributed by atoms with Crippen molar-refractivity contribution in [3.63, 3.8) is 0 Å². The number of halogens is 2. The van der Waals surface area contributed by atoms with Crippen LogP contribution in [0.15, 0.2) is 18.2 Å². The first-order valence-electron chi connectivity index (χ1n) is 6.34. The zero-order chi connectivity index (χ0) is 13.1. The van der Waals surface area contributed by atoms with E-state index in [2.05, 4.69) is 0 Å². The Hall–Kier alpha value is -0.570. The summed E-state index contributed by atoms with van der Waals surface area (Å²) < 4.78 is 0. The minimum atomic E-state index is -0.122. The molecule has 1 aliphatic carbocycles. The van der Waals surface area contributed by atoms with Gasteiger partial charge in [-0.1, -0.05) is 42.5 Å². The molecule has 2 rings (SSSR count). The highest BCUT2D eigenvalue weighted by atomic mass is 35.5. The molecular weight excluding hydrogens is 269 g/mol. The molecule has 1 fully saturated rings. The fourth-order valence-electron chi connectivity index (χ4n) is 2.55. The average Bonchev–Trinajstić information content (AvgIpc) is 2.56. The Kier molecular flexibility index (Phi) is 4.66.